The molecule has 8 nitrogen and oxygen atoms in total. The molecule has 0 radical (unpaired) electrons. The van der Waals surface area contributed by atoms with E-state index < -0.39 is 22.2 Å². The Morgan fingerprint density at radius 2 is 1.86 bits per heavy atom. The minimum Gasteiger partial charge on any atom is -0.469 e. The van der Waals surface area contributed by atoms with Gasteiger partial charge in [-0.1, -0.05) is 49.6 Å². The zero-order valence-corrected chi connectivity index (χ0v) is 25.1. The number of amides is 2. The second kappa shape index (κ2) is 12.5. The van der Waals surface area contributed by atoms with Crippen LogP contribution in [0.1, 0.15) is 75.3 Å². The second-order valence-corrected chi connectivity index (χ2v) is 13.0. The zero-order chi connectivity index (χ0) is 29.9. The van der Waals surface area contributed by atoms with Gasteiger partial charge < -0.3 is 19.4 Å². The Kier molecular flexibility index (Phi) is 8.92. The van der Waals surface area contributed by atoms with Gasteiger partial charge in [0.05, 0.1) is 22.8 Å². The van der Waals surface area contributed by atoms with Gasteiger partial charge in [-0.25, -0.2) is 0 Å². The van der Waals surface area contributed by atoms with Gasteiger partial charge in [0.1, 0.15) is 11.6 Å². The van der Waals surface area contributed by atoms with E-state index in [0.29, 0.717) is 43.3 Å². The highest BCUT2D eigenvalue weighted by Gasteiger charge is 2.49. The number of piperidine rings is 1. The van der Waals surface area contributed by atoms with Gasteiger partial charge in [0, 0.05) is 25.6 Å². The first-order chi connectivity index (χ1) is 20.1. The lowest BCUT2D eigenvalue weighted by molar-refractivity contribution is -0.164. The maximum atomic E-state index is 14.0. The lowest BCUT2D eigenvalue weighted by Gasteiger charge is -2.46. The number of likely N-dealkylation sites (tertiary alicyclic amines) is 1. The summed E-state index contributed by atoms with van der Waals surface area (Å²) in [6.45, 7) is 2.71. The number of rotatable bonds is 7. The molecule has 1 aliphatic heterocycles. The van der Waals surface area contributed by atoms with E-state index in [0.717, 1.165) is 37.3 Å². The lowest BCUT2D eigenvalue weighted by atomic mass is 9.63. The van der Waals surface area contributed by atoms with Gasteiger partial charge in [0.15, 0.2) is 11.2 Å². The summed E-state index contributed by atoms with van der Waals surface area (Å²) < 4.78 is 11.0. The third kappa shape index (κ3) is 6.33. The van der Waals surface area contributed by atoms with Crippen molar-refractivity contribution >= 4 is 40.4 Å². The fourth-order valence-corrected chi connectivity index (χ4v) is 6.90. The molecular weight excluding hydrogens is 556 g/mol. The molecule has 224 valence electrons. The molecule has 1 aromatic carbocycles. The largest absolute Gasteiger partial charge is 0.469 e. The average Bonchev–Trinajstić information content (AvgIpc) is 3.01. The molecule has 2 amide bonds. The van der Waals surface area contributed by atoms with Crippen LogP contribution in [-0.4, -0.2) is 53.8 Å². The highest BCUT2D eigenvalue weighted by atomic mass is 35.5. The normalized spacial score (nSPS) is 23.2. The summed E-state index contributed by atoms with van der Waals surface area (Å²) in [5, 5.41) is 3.22. The quantitative estimate of drug-likeness (QED) is 0.334. The molecule has 2 aliphatic carbocycles. The van der Waals surface area contributed by atoms with Gasteiger partial charge in [-0.3, -0.25) is 19.2 Å². The summed E-state index contributed by atoms with van der Waals surface area (Å²) in [6.07, 6.45) is 13.1. The predicted octanol–water partition coefficient (Wildman–Crippen LogP) is 5.53. The van der Waals surface area contributed by atoms with Crippen LogP contribution < -0.4 is 10.7 Å². The first-order valence-corrected chi connectivity index (χ1v) is 15.3. The zero-order valence-electron chi connectivity index (χ0n) is 24.3. The number of hydrogen-bond acceptors (Lipinski definition) is 6. The number of para-hydroxylation sites is 1. The van der Waals surface area contributed by atoms with Crippen LogP contribution in [0.4, 0.5) is 0 Å². The summed E-state index contributed by atoms with van der Waals surface area (Å²) in [5.41, 5.74) is 0.269. The van der Waals surface area contributed by atoms with Crippen molar-refractivity contribution in [3.63, 3.8) is 0 Å². The van der Waals surface area contributed by atoms with E-state index in [2.05, 4.69) is 5.32 Å². The Morgan fingerprint density at radius 1 is 1.14 bits per heavy atom. The van der Waals surface area contributed by atoms with Crippen molar-refractivity contribution in [1.82, 2.24) is 10.2 Å². The number of methoxy groups -OCH3 is 1. The summed E-state index contributed by atoms with van der Waals surface area (Å²) in [7, 11) is 1.44. The number of ether oxygens (including phenoxy) is 1. The predicted molar refractivity (Wildman–Crippen MR) is 161 cm³/mol. The van der Waals surface area contributed by atoms with E-state index in [1.807, 2.05) is 25.2 Å². The van der Waals surface area contributed by atoms with E-state index in [1.165, 1.54) is 13.5 Å². The molecular formula is C33H39ClN2O6. The van der Waals surface area contributed by atoms with Crippen LogP contribution in [0.5, 0.6) is 0 Å². The third-order valence-electron chi connectivity index (χ3n) is 9.26. The molecule has 1 saturated carbocycles. The molecule has 3 aliphatic rings. The van der Waals surface area contributed by atoms with Crippen LogP contribution in [0.2, 0.25) is 0 Å². The highest BCUT2D eigenvalue weighted by Crippen LogP contribution is 2.47. The van der Waals surface area contributed by atoms with Crippen LogP contribution in [0.25, 0.3) is 11.0 Å². The number of esters is 1. The molecule has 0 spiro atoms. The summed E-state index contributed by atoms with van der Waals surface area (Å²) in [5.74, 6) is -0.952. The molecule has 1 aromatic heterocycles. The Labute approximate surface area is 251 Å². The van der Waals surface area contributed by atoms with Crippen molar-refractivity contribution in [3.8, 4) is 0 Å². The molecule has 42 heavy (non-hydrogen) atoms. The van der Waals surface area contributed by atoms with Crippen LogP contribution >= 0.6 is 11.6 Å². The molecule has 1 N–H and O–H groups in total. The van der Waals surface area contributed by atoms with E-state index in [1.54, 1.807) is 29.2 Å². The molecule has 1 saturated heterocycles. The van der Waals surface area contributed by atoms with Crippen LogP contribution in [0.15, 0.2) is 63.3 Å². The lowest BCUT2D eigenvalue weighted by Crippen LogP contribution is -2.55. The van der Waals surface area contributed by atoms with Crippen molar-refractivity contribution in [3.05, 3.63) is 70.1 Å². The average molecular weight is 595 g/mol. The van der Waals surface area contributed by atoms with Crippen molar-refractivity contribution in [2.24, 2.45) is 11.3 Å². The summed E-state index contributed by atoms with van der Waals surface area (Å²) in [6, 6.07) is 6.99. The second-order valence-electron chi connectivity index (χ2n) is 12.1. The van der Waals surface area contributed by atoms with Crippen molar-refractivity contribution < 1.29 is 23.5 Å². The Bertz CT molecular complexity index is 1460. The molecule has 2 aromatic rings. The number of halogens is 1. The van der Waals surface area contributed by atoms with E-state index in [-0.39, 0.29) is 35.4 Å². The number of fused-ring (bicyclic) bond motifs is 1. The summed E-state index contributed by atoms with van der Waals surface area (Å²) in [4.78, 5) is 54.4. The van der Waals surface area contributed by atoms with Gasteiger partial charge in [-0.2, -0.15) is 0 Å². The first kappa shape index (κ1) is 30.1. The minimum atomic E-state index is -0.898. The number of allylic oxidation sites excluding steroid dienone is 3. The van der Waals surface area contributed by atoms with Gasteiger partial charge in [0.2, 0.25) is 5.91 Å². The van der Waals surface area contributed by atoms with Crippen LogP contribution in [0, 0.1) is 11.3 Å². The summed E-state index contributed by atoms with van der Waals surface area (Å²) >= 11 is 6.46. The minimum absolute atomic E-state index is 0.154. The molecule has 2 fully saturated rings. The fraction of sp³-hybridized carbons (Fsp3) is 0.515. The molecule has 0 bridgehead atoms. The SMILES string of the molecule is COC(=O)C1(C2CCCCC2)CCN(C(=O)[C@@H](CC2=CCC(C)(Cl)C=C2)NC(=O)c2cc(=O)c3ccccc3o2)CC1. The Hall–Kier alpha value is -3.39. The van der Waals surface area contributed by atoms with E-state index >= 15 is 0 Å². The van der Waals surface area contributed by atoms with Gasteiger partial charge >= 0.3 is 5.97 Å². The maximum Gasteiger partial charge on any atom is 0.312 e. The van der Waals surface area contributed by atoms with Crippen molar-refractivity contribution in [2.75, 3.05) is 20.2 Å². The standard InChI is InChI=1S/C33H39ClN2O6/c1-32(34)14-12-22(13-15-32)20-25(35-29(38)28-21-26(37)24-10-6-7-11-27(24)42-28)30(39)36-18-16-33(17-19-36,31(40)41-2)23-8-4-3-5-9-23/h6-7,10-14,21,23,25H,3-5,8-9,15-20H2,1-2H3,(H,35,38)/t25-,32?/m1/s1. The van der Waals surface area contributed by atoms with E-state index in [4.69, 9.17) is 20.8 Å². The number of alkyl halides is 1. The van der Waals surface area contributed by atoms with Gasteiger partial charge in [-0.05, 0) is 62.7 Å². The Balaban J connectivity index is 1.36. The third-order valence-corrected chi connectivity index (χ3v) is 9.54. The monoisotopic (exact) mass is 594 g/mol. The number of nitrogens with one attached hydrogen (secondary N) is 1. The van der Waals surface area contributed by atoms with Crippen LogP contribution in [0.3, 0.4) is 0 Å². The number of nitrogens with zero attached hydrogens (tertiary/aromatic N) is 1. The number of benzene rings is 1. The molecule has 1 unspecified atom stereocenters. The number of carbonyl (C=O) groups is 3. The topological polar surface area (TPSA) is 106 Å². The number of hydrogen-bond donors (Lipinski definition) is 1. The smallest absolute Gasteiger partial charge is 0.312 e. The number of carbonyl (C=O) groups excluding carboxylic acids is 3. The van der Waals surface area contributed by atoms with Crippen molar-refractivity contribution in [2.45, 2.75) is 75.6 Å². The maximum absolute atomic E-state index is 14.0. The fourth-order valence-electron chi connectivity index (χ4n) is 6.76. The molecule has 5 rings (SSSR count). The van der Waals surface area contributed by atoms with E-state index in [9.17, 15) is 19.2 Å². The first-order valence-electron chi connectivity index (χ1n) is 14.9. The van der Waals surface area contributed by atoms with Gasteiger partial charge in [0.25, 0.3) is 5.91 Å². The Morgan fingerprint density at radius 3 is 2.52 bits per heavy atom. The highest BCUT2D eigenvalue weighted by molar-refractivity contribution is 6.25. The molecule has 2 heterocycles. The molecule has 2 atom stereocenters. The molecule has 9 heteroatoms. The van der Waals surface area contributed by atoms with Gasteiger partial charge in [-0.15, -0.1) is 11.6 Å². The van der Waals surface area contributed by atoms with Crippen LogP contribution in [-0.2, 0) is 14.3 Å². The van der Waals surface area contributed by atoms with Crippen molar-refractivity contribution in [1.29, 1.82) is 0 Å².